The number of benzene rings is 2. The fourth-order valence-corrected chi connectivity index (χ4v) is 4.32. The number of para-hydroxylation sites is 1. The van der Waals surface area contributed by atoms with Gasteiger partial charge in [0.2, 0.25) is 0 Å². The molecule has 4 rings (SSSR count). The number of methoxy groups -OCH3 is 2. The Morgan fingerprint density at radius 2 is 1.71 bits per heavy atom. The van der Waals surface area contributed by atoms with Crippen LogP contribution in [0.15, 0.2) is 60.2 Å². The van der Waals surface area contributed by atoms with Crippen LogP contribution >= 0.6 is 12.2 Å². The number of nitrogens with one attached hydrogen (secondary N) is 1. The van der Waals surface area contributed by atoms with Gasteiger partial charge in [-0.15, -0.1) is 0 Å². The Morgan fingerprint density at radius 3 is 2.37 bits per heavy atom. The highest BCUT2D eigenvalue weighted by Gasteiger charge is 2.34. The van der Waals surface area contributed by atoms with E-state index in [0.717, 1.165) is 11.4 Å². The molecule has 0 bridgehead atoms. The molecule has 9 heteroatoms. The highest BCUT2D eigenvalue weighted by Crippen LogP contribution is 2.28. The number of rotatable bonds is 5. The zero-order valence-corrected chi connectivity index (χ0v) is 20.4. The van der Waals surface area contributed by atoms with Gasteiger partial charge >= 0.3 is 5.97 Å². The second-order valence-electron chi connectivity index (χ2n) is 7.83. The van der Waals surface area contributed by atoms with E-state index in [1.54, 1.807) is 43.5 Å². The summed E-state index contributed by atoms with van der Waals surface area (Å²) >= 11 is 5.27. The van der Waals surface area contributed by atoms with Gasteiger partial charge in [-0.3, -0.25) is 19.8 Å². The average molecular weight is 490 g/mol. The lowest BCUT2D eigenvalue weighted by Gasteiger charge is -2.29. The van der Waals surface area contributed by atoms with Crippen molar-refractivity contribution in [2.45, 2.75) is 13.8 Å². The molecule has 0 atom stereocenters. The number of nitrogens with zero attached hydrogens (tertiary/aromatic N) is 2. The van der Waals surface area contributed by atoms with Crippen LogP contribution in [0.4, 0.5) is 5.69 Å². The van der Waals surface area contributed by atoms with Crippen LogP contribution in [0.25, 0.3) is 11.8 Å². The summed E-state index contributed by atoms with van der Waals surface area (Å²) in [6.07, 6.45) is 1.54. The second-order valence-corrected chi connectivity index (χ2v) is 8.21. The molecule has 1 aliphatic heterocycles. The van der Waals surface area contributed by atoms with Crippen LogP contribution in [-0.4, -0.2) is 41.7 Å². The summed E-state index contributed by atoms with van der Waals surface area (Å²) in [5.41, 5.74) is 3.70. The summed E-state index contributed by atoms with van der Waals surface area (Å²) in [7, 11) is 2.88. The SMILES string of the molecule is COC(=O)c1ccccc1-n1c(C)cc(/C=C2\C(=O)NC(=S)N(c3ccc(OC)cc3)C2=O)c1C. The lowest BCUT2D eigenvalue weighted by molar-refractivity contribution is -0.122. The number of ether oxygens (including phenoxy) is 2. The number of anilines is 1. The number of thiocarbonyl (C=S) groups is 1. The maximum Gasteiger partial charge on any atom is 0.339 e. The molecule has 1 N–H and O–H groups in total. The topological polar surface area (TPSA) is 89.9 Å². The van der Waals surface area contributed by atoms with Crippen LogP contribution in [-0.2, 0) is 14.3 Å². The summed E-state index contributed by atoms with van der Waals surface area (Å²) in [6, 6.07) is 15.7. The van der Waals surface area contributed by atoms with Gasteiger partial charge in [0, 0.05) is 11.4 Å². The number of carbonyl (C=O) groups excluding carboxylic acids is 3. The van der Waals surface area contributed by atoms with Crippen LogP contribution in [0, 0.1) is 13.8 Å². The van der Waals surface area contributed by atoms with E-state index in [9.17, 15) is 14.4 Å². The summed E-state index contributed by atoms with van der Waals surface area (Å²) in [4.78, 5) is 39.7. The molecule has 35 heavy (non-hydrogen) atoms. The minimum absolute atomic E-state index is 0.000190. The molecule has 1 aromatic heterocycles. The van der Waals surface area contributed by atoms with Crippen molar-refractivity contribution >= 4 is 46.9 Å². The Balaban J connectivity index is 1.77. The number of aromatic nitrogens is 1. The molecule has 0 radical (unpaired) electrons. The first-order valence-electron chi connectivity index (χ1n) is 10.7. The zero-order valence-electron chi connectivity index (χ0n) is 19.6. The van der Waals surface area contributed by atoms with E-state index in [2.05, 4.69) is 5.32 Å². The number of esters is 1. The third kappa shape index (κ3) is 4.33. The maximum atomic E-state index is 13.4. The first kappa shape index (κ1) is 23.9. The van der Waals surface area contributed by atoms with Gasteiger partial charge in [0.05, 0.1) is 31.2 Å². The minimum Gasteiger partial charge on any atom is -0.497 e. The lowest BCUT2D eigenvalue weighted by Crippen LogP contribution is -2.54. The maximum absolute atomic E-state index is 13.4. The molecule has 0 unspecified atom stereocenters. The van der Waals surface area contributed by atoms with Crippen molar-refractivity contribution in [1.82, 2.24) is 9.88 Å². The zero-order chi connectivity index (χ0) is 25.3. The number of carbonyl (C=O) groups is 3. The van der Waals surface area contributed by atoms with Crippen molar-refractivity contribution in [3.05, 3.63) is 82.7 Å². The summed E-state index contributed by atoms with van der Waals surface area (Å²) in [6.45, 7) is 3.73. The number of hydrogen-bond acceptors (Lipinski definition) is 6. The van der Waals surface area contributed by atoms with Gasteiger partial charge in [0.25, 0.3) is 11.8 Å². The Labute approximate surface area is 207 Å². The Morgan fingerprint density at radius 1 is 1.03 bits per heavy atom. The van der Waals surface area contributed by atoms with Crippen molar-refractivity contribution < 1.29 is 23.9 Å². The molecule has 0 saturated carbocycles. The summed E-state index contributed by atoms with van der Waals surface area (Å²) in [5.74, 6) is -0.949. The van der Waals surface area contributed by atoms with Gasteiger partial charge in [-0.05, 0) is 80.2 Å². The van der Waals surface area contributed by atoms with E-state index in [-0.39, 0.29) is 10.7 Å². The number of aryl methyl sites for hydroxylation is 1. The molecule has 8 nitrogen and oxygen atoms in total. The molecular weight excluding hydrogens is 466 g/mol. The monoisotopic (exact) mass is 489 g/mol. The molecule has 0 aliphatic carbocycles. The van der Waals surface area contributed by atoms with Gasteiger partial charge in [-0.2, -0.15) is 0 Å². The van der Waals surface area contributed by atoms with Crippen LogP contribution in [0.5, 0.6) is 5.75 Å². The van der Waals surface area contributed by atoms with Gasteiger partial charge in [-0.25, -0.2) is 4.79 Å². The van der Waals surface area contributed by atoms with Gasteiger partial charge in [0.1, 0.15) is 11.3 Å². The highest BCUT2D eigenvalue weighted by atomic mass is 32.1. The molecule has 2 aromatic carbocycles. The lowest BCUT2D eigenvalue weighted by atomic mass is 10.1. The van der Waals surface area contributed by atoms with E-state index in [4.69, 9.17) is 21.7 Å². The molecule has 178 valence electrons. The fraction of sp³-hybridized carbons (Fsp3) is 0.154. The predicted molar refractivity (Wildman–Crippen MR) is 136 cm³/mol. The van der Waals surface area contributed by atoms with Crippen LogP contribution < -0.4 is 15.0 Å². The fourth-order valence-electron chi connectivity index (χ4n) is 4.03. The first-order valence-corrected chi connectivity index (χ1v) is 11.1. The van der Waals surface area contributed by atoms with Crippen LogP contribution in [0.1, 0.15) is 27.3 Å². The van der Waals surface area contributed by atoms with Gasteiger partial charge in [0.15, 0.2) is 5.11 Å². The predicted octanol–water partition coefficient (Wildman–Crippen LogP) is 3.72. The summed E-state index contributed by atoms with van der Waals surface area (Å²) < 4.78 is 12.0. The third-order valence-corrected chi connectivity index (χ3v) is 6.04. The third-order valence-electron chi connectivity index (χ3n) is 5.75. The quantitative estimate of drug-likeness (QED) is 0.254. The van der Waals surface area contributed by atoms with E-state index >= 15 is 0 Å². The smallest absolute Gasteiger partial charge is 0.339 e. The Bertz CT molecular complexity index is 1390. The molecule has 2 heterocycles. The molecule has 3 aromatic rings. The standard InChI is InChI=1S/C26H23N3O5S/c1-15-13-17(16(2)28(15)22-8-6-5-7-20(22)25(32)34-4)14-21-23(30)27-26(35)29(24(21)31)18-9-11-19(33-3)12-10-18/h5-14H,1-4H3,(H,27,30,35)/b21-14+. The normalized spacial score (nSPS) is 14.8. The first-order chi connectivity index (χ1) is 16.8. The molecule has 2 amide bonds. The average Bonchev–Trinajstić information content (AvgIpc) is 3.13. The van der Waals surface area contributed by atoms with E-state index in [0.29, 0.717) is 28.3 Å². The van der Waals surface area contributed by atoms with Gasteiger partial charge in [-0.1, -0.05) is 12.1 Å². The number of amides is 2. The van der Waals surface area contributed by atoms with Crippen molar-refractivity contribution in [2.24, 2.45) is 0 Å². The van der Waals surface area contributed by atoms with Crippen molar-refractivity contribution in [3.8, 4) is 11.4 Å². The second kappa shape index (κ2) is 9.55. The van der Waals surface area contributed by atoms with Crippen LogP contribution in [0.3, 0.4) is 0 Å². The summed E-state index contributed by atoms with van der Waals surface area (Å²) in [5, 5.41) is 2.59. The van der Waals surface area contributed by atoms with E-state index in [1.165, 1.54) is 18.1 Å². The molecular formula is C26H23N3O5S. The molecule has 1 fully saturated rings. The van der Waals surface area contributed by atoms with Crippen molar-refractivity contribution in [3.63, 3.8) is 0 Å². The largest absolute Gasteiger partial charge is 0.497 e. The Hall–Kier alpha value is -4.24. The van der Waals surface area contributed by atoms with Crippen molar-refractivity contribution in [1.29, 1.82) is 0 Å². The molecule has 1 saturated heterocycles. The minimum atomic E-state index is -0.579. The molecule has 0 spiro atoms. The highest BCUT2D eigenvalue weighted by molar-refractivity contribution is 7.80. The van der Waals surface area contributed by atoms with E-state index in [1.807, 2.05) is 36.6 Å². The Kier molecular flexibility index (Phi) is 6.52. The van der Waals surface area contributed by atoms with E-state index < -0.39 is 17.8 Å². The van der Waals surface area contributed by atoms with Gasteiger partial charge < -0.3 is 14.0 Å². The number of hydrogen-bond donors (Lipinski definition) is 1. The van der Waals surface area contributed by atoms with Crippen LogP contribution in [0.2, 0.25) is 0 Å². The van der Waals surface area contributed by atoms with Crippen molar-refractivity contribution in [2.75, 3.05) is 19.1 Å². The molecule has 1 aliphatic rings.